The van der Waals surface area contributed by atoms with E-state index in [1.54, 1.807) is 28.8 Å². The van der Waals surface area contributed by atoms with Gasteiger partial charge < -0.3 is 4.74 Å². The van der Waals surface area contributed by atoms with E-state index in [-0.39, 0.29) is 17.7 Å². The highest BCUT2D eigenvalue weighted by Gasteiger charge is 2.35. The molecule has 2 aliphatic rings. The Morgan fingerprint density at radius 2 is 1.80 bits per heavy atom. The quantitative estimate of drug-likeness (QED) is 0.560. The molecular weight excluding hydrogens is 424 g/mol. The van der Waals surface area contributed by atoms with Gasteiger partial charge in [0.2, 0.25) is 11.8 Å². The number of nitrogens with zero attached hydrogens (tertiary/aromatic N) is 1. The highest BCUT2D eigenvalue weighted by molar-refractivity contribution is 8.15. The second-order valence-corrected chi connectivity index (χ2v) is 9.14. The number of ether oxygens (including phenoxy) is 1. The van der Waals surface area contributed by atoms with Crippen LogP contribution in [-0.4, -0.2) is 34.0 Å². The predicted octanol–water partition coefficient (Wildman–Crippen LogP) is 3.42. The van der Waals surface area contributed by atoms with Gasteiger partial charge in [0.15, 0.2) is 0 Å². The number of carbonyl (C=O) groups is 4. The number of rotatable bonds is 5. The molecule has 154 valence electrons. The van der Waals surface area contributed by atoms with Gasteiger partial charge in [0.05, 0.1) is 12.2 Å². The summed E-state index contributed by atoms with van der Waals surface area (Å²) in [6, 6.07) is 14.8. The van der Waals surface area contributed by atoms with Crippen LogP contribution in [-0.2, 0) is 14.4 Å². The third-order valence-electron chi connectivity index (χ3n) is 4.70. The van der Waals surface area contributed by atoms with E-state index in [2.05, 4.69) is 5.32 Å². The number of aryl methyl sites for hydroxylation is 1. The molecule has 2 fully saturated rings. The number of anilines is 1. The molecule has 3 amide bonds. The van der Waals surface area contributed by atoms with E-state index >= 15 is 0 Å². The van der Waals surface area contributed by atoms with E-state index in [4.69, 9.17) is 4.74 Å². The van der Waals surface area contributed by atoms with Gasteiger partial charge in [0.25, 0.3) is 5.24 Å². The molecule has 0 aliphatic carbocycles. The summed E-state index contributed by atoms with van der Waals surface area (Å²) in [6.07, 6.45) is -0.182. The first-order valence-corrected chi connectivity index (χ1v) is 11.2. The number of imide groups is 1. The fourth-order valence-electron chi connectivity index (χ4n) is 3.21. The van der Waals surface area contributed by atoms with E-state index in [9.17, 15) is 19.2 Å². The standard InChI is InChI=1S/C21H18N2O5S2/c1-12-2-6-14(7-3-12)23-17(24)11-29-20(23)13-4-8-15(9-5-13)28-18(25)10-16-19(26)22-21(27)30-16/h2-9,16,20H,10-11H2,1H3,(H,22,26,27)/t16-,20+/m1/s1. The number of amides is 3. The molecule has 2 heterocycles. The van der Waals surface area contributed by atoms with E-state index < -0.39 is 22.4 Å². The number of hydrogen-bond donors (Lipinski definition) is 1. The average molecular weight is 443 g/mol. The number of carbonyl (C=O) groups excluding carboxylic acids is 4. The maximum Gasteiger partial charge on any atom is 0.312 e. The Labute approximate surface area is 181 Å². The lowest BCUT2D eigenvalue weighted by Crippen LogP contribution is -2.27. The van der Waals surface area contributed by atoms with Gasteiger partial charge in [0.1, 0.15) is 16.4 Å². The lowest BCUT2D eigenvalue weighted by atomic mass is 10.1. The molecule has 0 radical (unpaired) electrons. The smallest absolute Gasteiger partial charge is 0.312 e. The Balaban J connectivity index is 1.43. The summed E-state index contributed by atoms with van der Waals surface area (Å²) in [7, 11) is 0. The van der Waals surface area contributed by atoms with Crippen molar-refractivity contribution < 1.29 is 23.9 Å². The SMILES string of the molecule is Cc1ccc(N2C(=O)CS[C@H]2c2ccc(OC(=O)C[C@H]3SC(=O)NC3=O)cc2)cc1. The molecule has 1 N–H and O–H groups in total. The van der Waals surface area contributed by atoms with Crippen LogP contribution in [0.1, 0.15) is 22.9 Å². The molecule has 0 aromatic heterocycles. The van der Waals surface area contributed by atoms with Gasteiger partial charge in [-0.25, -0.2) is 0 Å². The fraction of sp³-hybridized carbons (Fsp3) is 0.238. The minimum atomic E-state index is -0.756. The molecule has 2 saturated heterocycles. The van der Waals surface area contributed by atoms with Crippen molar-refractivity contribution in [2.75, 3.05) is 10.7 Å². The third-order valence-corrected chi connectivity index (χ3v) is 6.89. The predicted molar refractivity (Wildman–Crippen MR) is 115 cm³/mol. The maximum absolute atomic E-state index is 12.4. The summed E-state index contributed by atoms with van der Waals surface area (Å²) in [5.74, 6) is -0.274. The molecule has 0 spiro atoms. The largest absolute Gasteiger partial charge is 0.426 e. The van der Waals surface area contributed by atoms with Crippen molar-refractivity contribution in [1.29, 1.82) is 0 Å². The molecule has 2 aromatic carbocycles. The van der Waals surface area contributed by atoms with Gasteiger partial charge in [-0.2, -0.15) is 0 Å². The summed E-state index contributed by atoms with van der Waals surface area (Å²) >= 11 is 2.33. The van der Waals surface area contributed by atoms with Gasteiger partial charge >= 0.3 is 5.97 Å². The van der Waals surface area contributed by atoms with Crippen LogP contribution in [0.2, 0.25) is 0 Å². The Morgan fingerprint density at radius 3 is 2.43 bits per heavy atom. The molecule has 0 bridgehead atoms. The van der Waals surface area contributed by atoms with Crippen LogP contribution in [0.3, 0.4) is 0 Å². The zero-order chi connectivity index (χ0) is 21.3. The fourth-order valence-corrected chi connectivity index (χ4v) is 5.19. The van der Waals surface area contributed by atoms with Crippen molar-refractivity contribution in [3.05, 3.63) is 59.7 Å². The molecule has 7 nitrogen and oxygen atoms in total. The molecule has 30 heavy (non-hydrogen) atoms. The van der Waals surface area contributed by atoms with Gasteiger partial charge in [-0.15, -0.1) is 11.8 Å². The van der Waals surface area contributed by atoms with E-state index in [1.807, 2.05) is 43.3 Å². The van der Waals surface area contributed by atoms with Crippen LogP contribution < -0.4 is 15.0 Å². The van der Waals surface area contributed by atoms with Crippen LogP contribution in [0.5, 0.6) is 5.75 Å². The second-order valence-electron chi connectivity index (χ2n) is 6.89. The number of hydrogen-bond acceptors (Lipinski definition) is 7. The molecular formula is C21H18N2O5S2. The summed E-state index contributed by atoms with van der Waals surface area (Å²) in [5, 5.41) is 0.773. The van der Waals surface area contributed by atoms with Gasteiger partial charge in [-0.05, 0) is 36.8 Å². The zero-order valence-corrected chi connectivity index (χ0v) is 17.6. The van der Waals surface area contributed by atoms with Crippen LogP contribution in [0.15, 0.2) is 48.5 Å². The normalized spacial score (nSPS) is 21.1. The van der Waals surface area contributed by atoms with Crippen molar-refractivity contribution in [2.45, 2.75) is 24.0 Å². The first kappa shape index (κ1) is 20.5. The van der Waals surface area contributed by atoms with Gasteiger partial charge in [-0.1, -0.05) is 41.6 Å². The second kappa shape index (κ2) is 8.53. The monoisotopic (exact) mass is 442 g/mol. The minimum Gasteiger partial charge on any atom is -0.426 e. The molecule has 0 unspecified atom stereocenters. The number of thioether (sulfide) groups is 2. The van der Waals surface area contributed by atoms with Crippen LogP contribution in [0, 0.1) is 6.92 Å². The zero-order valence-electron chi connectivity index (χ0n) is 16.0. The van der Waals surface area contributed by atoms with Gasteiger partial charge in [-0.3, -0.25) is 29.4 Å². The molecule has 2 aliphatic heterocycles. The Bertz CT molecular complexity index is 1010. The molecule has 0 saturated carbocycles. The lowest BCUT2D eigenvalue weighted by molar-refractivity contribution is -0.135. The average Bonchev–Trinajstić information content (AvgIpc) is 3.24. The van der Waals surface area contributed by atoms with E-state index in [0.29, 0.717) is 11.5 Å². The van der Waals surface area contributed by atoms with Crippen LogP contribution in [0.4, 0.5) is 10.5 Å². The summed E-state index contributed by atoms with van der Waals surface area (Å²) in [4.78, 5) is 49.1. The molecule has 9 heteroatoms. The Morgan fingerprint density at radius 1 is 1.10 bits per heavy atom. The van der Waals surface area contributed by atoms with Crippen molar-refractivity contribution in [3.63, 3.8) is 0 Å². The van der Waals surface area contributed by atoms with Gasteiger partial charge in [0, 0.05) is 5.69 Å². The Hall–Kier alpha value is -2.78. The number of nitrogens with one attached hydrogen (secondary N) is 1. The summed E-state index contributed by atoms with van der Waals surface area (Å²) in [5.41, 5.74) is 2.89. The highest BCUT2D eigenvalue weighted by Crippen LogP contribution is 2.42. The van der Waals surface area contributed by atoms with Crippen LogP contribution >= 0.6 is 23.5 Å². The van der Waals surface area contributed by atoms with Crippen molar-refractivity contribution in [3.8, 4) is 5.75 Å². The van der Waals surface area contributed by atoms with Crippen molar-refractivity contribution >= 4 is 52.2 Å². The maximum atomic E-state index is 12.4. The highest BCUT2D eigenvalue weighted by atomic mass is 32.2. The lowest BCUT2D eigenvalue weighted by Gasteiger charge is -2.24. The van der Waals surface area contributed by atoms with Crippen LogP contribution in [0.25, 0.3) is 0 Å². The number of esters is 1. The molecule has 2 aromatic rings. The topological polar surface area (TPSA) is 92.8 Å². The molecule has 2 atom stereocenters. The Kier molecular flexibility index (Phi) is 5.83. The third kappa shape index (κ3) is 4.36. The number of benzene rings is 2. The first-order chi connectivity index (χ1) is 14.4. The summed E-state index contributed by atoms with van der Waals surface area (Å²) in [6.45, 7) is 2.00. The van der Waals surface area contributed by atoms with E-state index in [0.717, 1.165) is 28.6 Å². The van der Waals surface area contributed by atoms with E-state index in [1.165, 1.54) is 0 Å². The minimum absolute atomic E-state index is 0.0474. The summed E-state index contributed by atoms with van der Waals surface area (Å²) < 4.78 is 5.29. The first-order valence-electron chi connectivity index (χ1n) is 9.23. The van der Waals surface area contributed by atoms with Crippen molar-refractivity contribution in [1.82, 2.24) is 5.32 Å². The van der Waals surface area contributed by atoms with Crippen molar-refractivity contribution in [2.24, 2.45) is 0 Å². The molecule has 4 rings (SSSR count).